The molecule has 344 valence electrons. The van der Waals surface area contributed by atoms with Gasteiger partial charge >= 0.3 is 5.97 Å². The average molecular weight is 828 g/mol. The van der Waals surface area contributed by atoms with Crippen LogP contribution in [0.15, 0.2) is 48.6 Å². The first-order valence-corrected chi connectivity index (χ1v) is 25.4. The average Bonchev–Trinajstić information content (AvgIpc) is 3.23. The van der Waals surface area contributed by atoms with Gasteiger partial charge in [-0.05, 0) is 70.6 Å². The van der Waals surface area contributed by atoms with Gasteiger partial charge in [0.1, 0.15) is 6.10 Å². The molecule has 0 fully saturated rings. The van der Waals surface area contributed by atoms with Gasteiger partial charge in [-0.3, -0.25) is 9.59 Å². The van der Waals surface area contributed by atoms with E-state index >= 15 is 0 Å². The number of carbonyl (C=O) groups is 2. The maximum Gasteiger partial charge on any atom is 0.306 e. The smallest absolute Gasteiger partial charge is 0.306 e. The van der Waals surface area contributed by atoms with Crippen molar-refractivity contribution in [2.24, 2.45) is 0 Å². The molecule has 3 atom stereocenters. The Hall–Kier alpha value is -2.18. The Morgan fingerprint density at radius 3 is 1.42 bits per heavy atom. The van der Waals surface area contributed by atoms with Crippen molar-refractivity contribution in [2.45, 2.75) is 270 Å². The minimum atomic E-state index is -0.791. The highest BCUT2D eigenvalue weighted by molar-refractivity contribution is 5.77. The molecule has 3 N–H and O–H groups in total. The van der Waals surface area contributed by atoms with Crippen LogP contribution in [0.1, 0.15) is 252 Å². The topological polar surface area (TPSA) is 95.9 Å². The van der Waals surface area contributed by atoms with Crippen LogP contribution in [0.3, 0.4) is 0 Å². The lowest BCUT2D eigenvalue weighted by Crippen LogP contribution is -2.46. The molecule has 0 aromatic rings. The van der Waals surface area contributed by atoms with Gasteiger partial charge in [-0.2, -0.15) is 0 Å². The molecule has 6 heteroatoms. The van der Waals surface area contributed by atoms with Crippen molar-refractivity contribution in [3.8, 4) is 0 Å². The van der Waals surface area contributed by atoms with Crippen molar-refractivity contribution in [1.29, 1.82) is 0 Å². The van der Waals surface area contributed by atoms with Crippen LogP contribution in [0.5, 0.6) is 0 Å². The lowest BCUT2D eigenvalue weighted by atomic mass is 10.0. The minimum Gasteiger partial charge on any atom is -0.462 e. The summed E-state index contributed by atoms with van der Waals surface area (Å²) in [5.41, 5.74) is 0. The van der Waals surface area contributed by atoms with E-state index in [9.17, 15) is 19.8 Å². The van der Waals surface area contributed by atoms with E-state index in [1.165, 1.54) is 122 Å². The van der Waals surface area contributed by atoms with Gasteiger partial charge in [-0.25, -0.2) is 0 Å². The Morgan fingerprint density at radius 1 is 0.508 bits per heavy atom. The summed E-state index contributed by atoms with van der Waals surface area (Å²) >= 11 is 0. The van der Waals surface area contributed by atoms with Gasteiger partial charge < -0.3 is 20.3 Å². The van der Waals surface area contributed by atoms with Crippen molar-refractivity contribution in [3.05, 3.63) is 48.6 Å². The molecular formula is C53H97NO5. The lowest BCUT2D eigenvalue weighted by Gasteiger charge is -2.24. The summed E-state index contributed by atoms with van der Waals surface area (Å²) in [5.74, 6) is -0.498. The number of carbonyl (C=O) groups excluding carboxylic acids is 2. The molecule has 0 rings (SSSR count). The molecule has 0 saturated carbocycles. The first kappa shape index (κ1) is 56.8. The first-order valence-electron chi connectivity index (χ1n) is 25.4. The number of esters is 1. The highest BCUT2D eigenvalue weighted by Crippen LogP contribution is 2.18. The Bertz CT molecular complexity index is 1020. The van der Waals surface area contributed by atoms with Crippen molar-refractivity contribution in [1.82, 2.24) is 5.32 Å². The Balaban J connectivity index is 4.61. The number of allylic oxidation sites excluding steroid dienone is 8. The van der Waals surface area contributed by atoms with Gasteiger partial charge in [0.25, 0.3) is 0 Å². The minimum absolute atomic E-state index is 0.0667. The number of hydrogen-bond acceptors (Lipinski definition) is 5. The number of nitrogens with one attached hydrogen (secondary N) is 1. The quantitative estimate of drug-likeness (QED) is 0.0246. The number of amides is 1. The fourth-order valence-electron chi connectivity index (χ4n) is 7.60. The van der Waals surface area contributed by atoms with E-state index in [2.05, 4.69) is 74.7 Å². The third-order valence-corrected chi connectivity index (χ3v) is 11.5. The molecule has 0 aliphatic carbocycles. The SMILES string of the molecule is CC/C=C/C=C/C=C\CCCCCCCC(=O)OC(CCCCCCCCC/C=C/CCCCCCCC)CC(=O)NC(CO)C(O)CCCCCCCCCCCC. The van der Waals surface area contributed by atoms with Crippen LogP contribution in [-0.2, 0) is 14.3 Å². The molecule has 0 spiro atoms. The highest BCUT2D eigenvalue weighted by atomic mass is 16.5. The highest BCUT2D eigenvalue weighted by Gasteiger charge is 2.24. The standard InChI is InChI=1S/C53H97NO5/c1-4-7-10-13-16-19-22-24-25-26-27-29-30-32-35-38-41-44-49(59-53(58)46-43-40-37-34-31-28-23-20-17-14-11-8-5-2)47-52(57)54-50(48-55)51(56)45-42-39-36-33-21-18-15-12-9-6-3/h8,11,14,17,20,23-25,49-51,55-56H,4-7,9-10,12-13,15-16,18-19,21-22,26-48H2,1-3H3,(H,54,57)/b11-8+,17-14+,23-20-,25-24+. The fraction of sp³-hybridized carbons (Fsp3) is 0.811. The lowest BCUT2D eigenvalue weighted by molar-refractivity contribution is -0.151. The number of rotatable bonds is 45. The van der Waals surface area contributed by atoms with E-state index in [0.29, 0.717) is 19.3 Å². The second kappa shape index (κ2) is 46.9. The van der Waals surface area contributed by atoms with E-state index in [0.717, 1.165) is 83.5 Å². The predicted octanol–water partition coefficient (Wildman–Crippen LogP) is 15.1. The Kier molecular flexibility index (Phi) is 45.1. The van der Waals surface area contributed by atoms with Crippen LogP contribution >= 0.6 is 0 Å². The van der Waals surface area contributed by atoms with Crippen LogP contribution in [0.25, 0.3) is 0 Å². The molecular weight excluding hydrogens is 731 g/mol. The summed E-state index contributed by atoms with van der Waals surface area (Å²) in [4.78, 5) is 26.1. The van der Waals surface area contributed by atoms with E-state index in [1.807, 2.05) is 0 Å². The van der Waals surface area contributed by atoms with Crippen molar-refractivity contribution >= 4 is 11.9 Å². The van der Waals surface area contributed by atoms with Crippen LogP contribution in [0.4, 0.5) is 0 Å². The molecule has 0 radical (unpaired) electrons. The molecule has 0 heterocycles. The van der Waals surface area contributed by atoms with Gasteiger partial charge in [0, 0.05) is 6.42 Å². The summed E-state index contributed by atoms with van der Waals surface area (Å²) in [6.45, 7) is 6.33. The molecule has 6 nitrogen and oxygen atoms in total. The second-order valence-corrected chi connectivity index (χ2v) is 17.2. The maximum atomic E-state index is 13.2. The van der Waals surface area contributed by atoms with E-state index in [-0.39, 0.29) is 24.9 Å². The van der Waals surface area contributed by atoms with E-state index in [4.69, 9.17) is 4.74 Å². The van der Waals surface area contributed by atoms with Crippen LogP contribution in [0, 0.1) is 0 Å². The molecule has 0 aromatic heterocycles. The van der Waals surface area contributed by atoms with Crippen LogP contribution < -0.4 is 5.32 Å². The molecule has 3 unspecified atom stereocenters. The zero-order valence-corrected chi connectivity index (χ0v) is 39.1. The molecule has 59 heavy (non-hydrogen) atoms. The third-order valence-electron chi connectivity index (χ3n) is 11.5. The summed E-state index contributed by atoms with van der Waals surface area (Å²) in [6, 6.07) is -0.705. The van der Waals surface area contributed by atoms with Crippen molar-refractivity contribution in [3.63, 3.8) is 0 Å². The Labute approximate surface area is 366 Å². The van der Waals surface area contributed by atoms with Gasteiger partial charge in [0.2, 0.25) is 5.91 Å². The summed E-state index contributed by atoms with van der Waals surface area (Å²) in [6.07, 6.45) is 56.0. The third kappa shape index (κ3) is 42.3. The van der Waals surface area contributed by atoms with E-state index in [1.54, 1.807) is 0 Å². The fourth-order valence-corrected chi connectivity index (χ4v) is 7.60. The van der Waals surface area contributed by atoms with Crippen LogP contribution in [-0.4, -0.2) is 46.9 Å². The van der Waals surface area contributed by atoms with E-state index < -0.39 is 18.2 Å². The summed E-state index contributed by atoms with van der Waals surface area (Å²) < 4.78 is 5.92. The number of unbranched alkanes of at least 4 members (excludes halogenated alkanes) is 27. The second-order valence-electron chi connectivity index (χ2n) is 17.2. The molecule has 0 aliphatic rings. The Morgan fingerprint density at radius 2 is 0.932 bits per heavy atom. The number of aliphatic hydroxyl groups is 2. The molecule has 0 aromatic carbocycles. The molecule has 1 amide bonds. The zero-order valence-electron chi connectivity index (χ0n) is 39.1. The normalized spacial score (nSPS) is 13.6. The maximum absolute atomic E-state index is 13.2. The molecule has 0 saturated heterocycles. The number of ether oxygens (including phenoxy) is 1. The van der Waals surface area contributed by atoms with Crippen molar-refractivity contribution in [2.75, 3.05) is 6.61 Å². The monoisotopic (exact) mass is 828 g/mol. The van der Waals surface area contributed by atoms with Crippen LogP contribution in [0.2, 0.25) is 0 Å². The summed E-state index contributed by atoms with van der Waals surface area (Å²) in [5, 5.41) is 23.7. The number of aliphatic hydroxyl groups excluding tert-OH is 2. The summed E-state index contributed by atoms with van der Waals surface area (Å²) in [7, 11) is 0. The molecule has 0 aliphatic heterocycles. The van der Waals surface area contributed by atoms with Crippen molar-refractivity contribution < 1.29 is 24.5 Å². The zero-order chi connectivity index (χ0) is 43.1. The van der Waals surface area contributed by atoms with Gasteiger partial charge in [-0.1, -0.05) is 217 Å². The molecule has 0 bridgehead atoms. The largest absolute Gasteiger partial charge is 0.462 e. The number of hydrogen-bond donors (Lipinski definition) is 3. The van der Waals surface area contributed by atoms with Gasteiger partial charge in [0.05, 0.1) is 25.2 Å². The predicted molar refractivity (Wildman–Crippen MR) is 255 cm³/mol. The van der Waals surface area contributed by atoms with Gasteiger partial charge in [-0.15, -0.1) is 0 Å². The first-order chi connectivity index (χ1) is 29.0. The van der Waals surface area contributed by atoms with Gasteiger partial charge in [0.15, 0.2) is 0 Å².